The van der Waals surface area contributed by atoms with Crippen molar-refractivity contribution < 1.29 is 13.9 Å². The van der Waals surface area contributed by atoms with E-state index in [1.54, 1.807) is 11.1 Å². The Hall–Kier alpha value is -3.43. The van der Waals surface area contributed by atoms with Crippen molar-refractivity contribution in [1.29, 1.82) is 0 Å². The Morgan fingerprint density at radius 2 is 1.79 bits per heavy atom. The molecule has 38 heavy (non-hydrogen) atoms. The van der Waals surface area contributed by atoms with Crippen molar-refractivity contribution in [3.8, 4) is 17.2 Å². The van der Waals surface area contributed by atoms with E-state index in [-0.39, 0.29) is 22.9 Å². The molecule has 0 bridgehead atoms. The van der Waals surface area contributed by atoms with E-state index in [0.717, 1.165) is 32.4 Å². The number of carbonyl (C=O) groups excluding carboxylic acids is 1. The second-order valence-corrected chi connectivity index (χ2v) is 11.0. The summed E-state index contributed by atoms with van der Waals surface area (Å²) in [7, 11) is 0. The highest BCUT2D eigenvalue weighted by Gasteiger charge is 2.34. The second kappa shape index (κ2) is 9.10. The van der Waals surface area contributed by atoms with Crippen molar-refractivity contribution in [3.05, 3.63) is 58.1 Å². The van der Waals surface area contributed by atoms with Gasteiger partial charge in [0.05, 0.1) is 11.1 Å². The molecule has 0 radical (unpaired) electrons. The SMILES string of the molecule is NC1CCN(c2c(F)cc3c(=O)c(C(=O)N4CCC(N5CCCC5)CC4)cn4c3c2Oc2ccccc2-4)C1. The van der Waals surface area contributed by atoms with E-state index in [1.165, 1.54) is 18.9 Å². The first-order chi connectivity index (χ1) is 18.5. The van der Waals surface area contributed by atoms with Crippen LogP contribution in [-0.2, 0) is 0 Å². The fourth-order valence-electron chi connectivity index (χ4n) is 6.70. The molecule has 8 nitrogen and oxygen atoms in total. The van der Waals surface area contributed by atoms with Crippen LogP contribution in [0.2, 0.25) is 0 Å². The number of amides is 1. The van der Waals surface area contributed by atoms with E-state index >= 15 is 4.39 Å². The number of hydrogen-bond acceptors (Lipinski definition) is 6. The molecule has 5 heterocycles. The number of piperidine rings is 1. The van der Waals surface area contributed by atoms with E-state index in [0.29, 0.717) is 60.6 Å². The van der Waals surface area contributed by atoms with Crippen LogP contribution in [-0.4, -0.2) is 71.6 Å². The van der Waals surface area contributed by atoms with Crippen molar-refractivity contribution in [3.63, 3.8) is 0 Å². The molecular formula is C29H32FN5O3. The molecule has 2 N–H and O–H groups in total. The number of aromatic nitrogens is 1. The number of fused-ring (bicyclic) bond motifs is 2. The molecule has 1 atom stereocenters. The fourth-order valence-corrected chi connectivity index (χ4v) is 6.70. The van der Waals surface area contributed by atoms with Crippen LogP contribution in [0.25, 0.3) is 16.6 Å². The molecule has 198 valence electrons. The number of halogens is 1. The minimum atomic E-state index is -0.541. The predicted octanol–water partition coefficient (Wildman–Crippen LogP) is 3.47. The van der Waals surface area contributed by atoms with E-state index < -0.39 is 11.2 Å². The van der Waals surface area contributed by atoms with Crippen LogP contribution in [0, 0.1) is 5.82 Å². The minimum Gasteiger partial charge on any atom is -0.451 e. The monoisotopic (exact) mass is 517 g/mol. The summed E-state index contributed by atoms with van der Waals surface area (Å²) in [5.74, 6) is 0.0159. The highest BCUT2D eigenvalue weighted by molar-refractivity contribution is 6.01. The standard InChI is InChI=1S/C29H32FN5O3/c30-22-15-20-25-28(26(22)34-12-7-18(31)16-34)38-24-6-2-1-5-23(24)35(25)17-21(27(20)36)29(37)33-13-8-19(9-14-33)32-10-3-4-11-32/h1-2,5-6,15,17-19H,3-4,7-14,16,31H2. The number of nitrogens with zero attached hydrogens (tertiary/aromatic N) is 4. The normalized spacial score (nSPS) is 21.7. The van der Waals surface area contributed by atoms with Gasteiger partial charge in [0, 0.05) is 44.5 Å². The number of likely N-dealkylation sites (tertiary alicyclic amines) is 2. The van der Waals surface area contributed by atoms with Gasteiger partial charge in [-0.15, -0.1) is 0 Å². The number of para-hydroxylation sites is 2. The zero-order chi connectivity index (χ0) is 26.0. The number of pyridine rings is 1. The maximum Gasteiger partial charge on any atom is 0.259 e. The molecule has 3 saturated heterocycles. The fraction of sp³-hybridized carbons (Fsp3) is 0.448. The van der Waals surface area contributed by atoms with Crippen LogP contribution < -0.4 is 20.8 Å². The molecule has 1 aromatic heterocycles. The minimum absolute atomic E-state index is 0.0510. The van der Waals surface area contributed by atoms with E-state index in [4.69, 9.17) is 10.5 Å². The van der Waals surface area contributed by atoms with Gasteiger partial charge in [-0.05, 0) is 63.4 Å². The smallest absolute Gasteiger partial charge is 0.259 e. The lowest BCUT2D eigenvalue weighted by atomic mass is 10.0. The largest absolute Gasteiger partial charge is 0.451 e. The molecule has 1 unspecified atom stereocenters. The number of hydrogen-bond donors (Lipinski definition) is 1. The molecule has 4 aliphatic heterocycles. The van der Waals surface area contributed by atoms with Gasteiger partial charge in [0.15, 0.2) is 17.3 Å². The maximum atomic E-state index is 15.7. The Balaban J connectivity index is 1.32. The molecule has 9 heteroatoms. The molecule has 0 aliphatic carbocycles. The first-order valence-electron chi connectivity index (χ1n) is 13.7. The van der Waals surface area contributed by atoms with Crippen molar-refractivity contribution in [2.45, 2.75) is 44.2 Å². The third-order valence-corrected chi connectivity index (χ3v) is 8.69. The highest BCUT2D eigenvalue weighted by Crippen LogP contribution is 2.47. The van der Waals surface area contributed by atoms with E-state index in [1.807, 2.05) is 33.7 Å². The first kappa shape index (κ1) is 23.7. The average Bonchev–Trinajstić information content (AvgIpc) is 3.62. The Kier molecular flexibility index (Phi) is 5.67. The number of rotatable bonds is 3. The van der Waals surface area contributed by atoms with Gasteiger partial charge in [-0.25, -0.2) is 4.39 Å². The van der Waals surface area contributed by atoms with Crippen LogP contribution in [0.3, 0.4) is 0 Å². The summed E-state index contributed by atoms with van der Waals surface area (Å²) in [5, 5.41) is 0.150. The van der Waals surface area contributed by atoms with Crippen molar-refractivity contribution in [2.75, 3.05) is 44.2 Å². The van der Waals surface area contributed by atoms with Crippen LogP contribution in [0.5, 0.6) is 11.5 Å². The van der Waals surface area contributed by atoms with E-state index in [2.05, 4.69) is 4.90 Å². The predicted molar refractivity (Wildman–Crippen MR) is 144 cm³/mol. The third-order valence-electron chi connectivity index (χ3n) is 8.69. The van der Waals surface area contributed by atoms with Gasteiger partial charge in [-0.2, -0.15) is 0 Å². The zero-order valence-electron chi connectivity index (χ0n) is 21.4. The number of anilines is 1. The Labute approximate surface area is 220 Å². The van der Waals surface area contributed by atoms with Crippen LogP contribution in [0.15, 0.2) is 41.3 Å². The molecule has 0 saturated carbocycles. The van der Waals surface area contributed by atoms with Crippen LogP contribution in [0.4, 0.5) is 10.1 Å². The Morgan fingerprint density at radius 3 is 2.53 bits per heavy atom. The Morgan fingerprint density at radius 1 is 1.03 bits per heavy atom. The third kappa shape index (κ3) is 3.71. The lowest BCUT2D eigenvalue weighted by Crippen LogP contribution is -2.46. The van der Waals surface area contributed by atoms with Gasteiger partial charge >= 0.3 is 0 Å². The highest BCUT2D eigenvalue weighted by atomic mass is 19.1. The van der Waals surface area contributed by atoms with Crippen LogP contribution >= 0.6 is 0 Å². The topological polar surface area (TPSA) is 84.0 Å². The summed E-state index contributed by atoms with van der Waals surface area (Å²) < 4.78 is 23.8. The number of ether oxygens (including phenoxy) is 1. The average molecular weight is 518 g/mol. The Bertz CT molecular complexity index is 1490. The van der Waals surface area contributed by atoms with Crippen molar-refractivity contribution >= 4 is 22.5 Å². The van der Waals surface area contributed by atoms with Gasteiger partial charge in [-0.3, -0.25) is 9.59 Å². The van der Waals surface area contributed by atoms with Gasteiger partial charge in [-0.1, -0.05) is 12.1 Å². The summed E-state index contributed by atoms with van der Waals surface area (Å²) in [5.41, 5.74) is 7.23. The zero-order valence-corrected chi connectivity index (χ0v) is 21.4. The second-order valence-electron chi connectivity index (χ2n) is 11.0. The lowest BCUT2D eigenvalue weighted by Gasteiger charge is -2.36. The lowest BCUT2D eigenvalue weighted by molar-refractivity contribution is 0.0643. The summed E-state index contributed by atoms with van der Waals surface area (Å²) in [6.07, 6.45) is 6.68. The number of carbonyl (C=O) groups is 1. The molecule has 2 aromatic carbocycles. The van der Waals surface area contributed by atoms with Gasteiger partial charge in [0.2, 0.25) is 5.43 Å². The molecule has 0 spiro atoms. The molecule has 3 fully saturated rings. The summed E-state index contributed by atoms with van der Waals surface area (Å²) in [6.45, 7) is 4.61. The first-order valence-corrected chi connectivity index (χ1v) is 13.7. The number of nitrogens with two attached hydrogens (primary N) is 1. The van der Waals surface area contributed by atoms with Crippen molar-refractivity contribution in [1.82, 2.24) is 14.4 Å². The molecule has 7 rings (SSSR count). The van der Waals surface area contributed by atoms with Gasteiger partial charge < -0.3 is 29.7 Å². The maximum absolute atomic E-state index is 15.7. The van der Waals surface area contributed by atoms with Crippen LogP contribution in [0.1, 0.15) is 42.5 Å². The van der Waals surface area contributed by atoms with Gasteiger partial charge in [0.25, 0.3) is 5.91 Å². The van der Waals surface area contributed by atoms with E-state index in [9.17, 15) is 9.59 Å². The molecule has 1 amide bonds. The molecule has 3 aromatic rings. The summed E-state index contributed by atoms with van der Waals surface area (Å²) >= 11 is 0. The van der Waals surface area contributed by atoms with Gasteiger partial charge in [0.1, 0.15) is 16.8 Å². The molecule has 4 aliphatic rings. The number of benzene rings is 2. The van der Waals surface area contributed by atoms with Crippen molar-refractivity contribution in [2.24, 2.45) is 5.73 Å². The quantitative estimate of drug-likeness (QED) is 0.448. The molecular weight excluding hydrogens is 485 g/mol. The summed E-state index contributed by atoms with van der Waals surface area (Å²) in [6, 6.07) is 9.15. The summed E-state index contributed by atoms with van der Waals surface area (Å²) in [4.78, 5) is 33.7.